The van der Waals surface area contributed by atoms with Gasteiger partial charge in [0.05, 0.1) is 12.6 Å². The summed E-state index contributed by atoms with van der Waals surface area (Å²) in [6.45, 7) is 1.61. The molecule has 3 amide bonds. The number of carbonyl (C=O) groups excluding carboxylic acids is 2. The minimum Gasteiger partial charge on any atom is -0.394 e. The molecule has 0 aromatic rings. The first-order valence-corrected chi connectivity index (χ1v) is 3.36. The van der Waals surface area contributed by atoms with E-state index in [9.17, 15) is 9.59 Å². The van der Waals surface area contributed by atoms with E-state index in [-0.39, 0.29) is 25.1 Å². The Balaban J connectivity index is 2.59. The number of amides is 3. The van der Waals surface area contributed by atoms with Gasteiger partial charge in [0.1, 0.15) is 6.54 Å². The SMILES string of the molecule is C[C@@H](CO)N1CC(=O)NC1=O. The van der Waals surface area contributed by atoms with E-state index in [4.69, 9.17) is 5.11 Å². The van der Waals surface area contributed by atoms with E-state index in [0.29, 0.717) is 0 Å². The van der Waals surface area contributed by atoms with Gasteiger partial charge in [0.15, 0.2) is 0 Å². The zero-order valence-corrected chi connectivity index (χ0v) is 6.20. The molecular weight excluding hydrogens is 148 g/mol. The fraction of sp³-hybridized carbons (Fsp3) is 0.667. The molecular formula is C6H10N2O3. The Hall–Kier alpha value is -1.10. The lowest BCUT2D eigenvalue weighted by Gasteiger charge is -2.19. The van der Waals surface area contributed by atoms with Crippen LogP contribution >= 0.6 is 0 Å². The molecule has 0 aromatic heterocycles. The van der Waals surface area contributed by atoms with Crippen molar-refractivity contribution in [3.05, 3.63) is 0 Å². The summed E-state index contributed by atoms with van der Waals surface area (Å²) < 4.78 is 0. The summed E-state index contributed by atoms with van der Waals surface area (Å²) in [4.78, 5) is 22.8. The quantitative estimate of drug-likeness (QED) is 0.502. The van der Waals surface area contributed by atoms with Gasteiger partial charge in [-0.2, -0.15) is 0 Å². The molecule has 0 unspecified atom stereocenters. The number of imide groups is 1. The van der Waals surface area contributed by atoms with Crippen molar-refractivity contribution in [3.8, 4) is 0 Å². The molecule has 1 aliphatic heterocycles. The maximum Gasteiger partial charge on any atom is 0.324 e. The number of aliphatic hydroxyl groups is 1. The van der Waals surface area contributed by atoms with Crippen molar-refractivity contribution >= 4 is 11.9 Å². The minimum atomic E-state index is -0.420. The molecule has 1 heterocycles. The number of carbonyl (C=O) groups is 2. The first-order chi connectivity index (χ1) is 5.15. The average Bonchev–Trinajstić information content (AvgIpc) is 2.28. The van der Waals surface area contributed by atoms with E-state index in [1.54, 1.807) is 6.92 Å². The van der Waals surface area contributed by atoms with Gasteiger partial charge in [0.2, 0.25) is 5.91 Å². The highest BCUT2D eigenvalue weighted by Crippen LogP contribution is 2.03. The largest absolute Gasteiger partial charge is 0.394 e. The van der Waals surface area contributed by atoms with Crippen LogP contribution in [0.3, 0.4) is 0 Å². The van der Waals surface area contributed by atoms with Gasteiger partial charge >= 0.3 is 6.03 Å². The maximum atomic E-state index is 10.9. The molecule has 0 aromatic carbocycles. The Morgan fingerprint density at radius 3 is 2.73 bits per heavy atom. The van der Waals surface area contributed by atoms with E-state index >= 15 is 0 Å². The van der Waals surface area contributed by atoms with Gasteiger partial charge in [0, 0.05) is 0 Å². The number of aliphatic hydroxyl groups excluding tert-OH is 1. The third kappa shape index (κ3) is 1.48. The molecule has 62 valence electrons. The van der Waals surface area contributed by atoms with Gasteiger partial charge in [-0.15, -0.1) is 0 Å². The number of nitrogens with zero attached hydrogens (tertiary/aromatic N) is 1. The maximum absolute atomic E-state index is 10.9. The molecule has 1 saturated heterocycles. The summed E-state index contributed by atoms with van der Waals surface area (Å²) in [7, 11) is 0. The second-order valence-electron chi connectivity index (χ2n) is 2.51. The summed E-state index contributed by atoms with van der Waals surface area (Å²) in [5.41, 5.74) is 0. The first-order valence-electron chi connectivity index (χ1n) is 3.36. The highest BCUT2D eigenvalue weighted by atomic mass is 16.3. The molecule has 0 bridgehead atoms. The molecule has 1 atom stereocenters. The topological polar surface area (TPSA) is 69.6 Å². The monoisotopic (exact) mass is 158 g/mol. The van der Waals surface area contributed by atoms with Crippen LogP contribution in [0.25, 0.3) is 0 Å². The third-order valence-corrected chi connectivity index (χ3v) is 1.62. The van der Waals surface area contributed by atoms with Crippen LogP contribution in [-0.4, -0.2) is 41.1 Å². The third-order valence-electron chi connectivity index (χ3n) is 1.62. The van der Waals surface area contributed by atoms with E-state index in [1.807, 2.05) is 0 Å². The van der Waals surface area contributed by atoms with Crippen LogP contribution < -0.4 is 5.32 Å². The Morgan fingerprint density at radius 2 is 2.36 bits per heavy atom. The molecule has 5 heteroatoms. The van der Waals surface area contributed by atoms with Crippen LogP contribution in [0.2, 0.25) is 0 Å². The van der Waals surface area contributed by atoms with Gasteiger partial charge in [-0.25, -0.2) is 4.79 Å². The van der Waals surface area contributed by atoms with E-state index in [2.05, 4.69) is 5.32 Å². The number of rotatable bonds is 2. The lowest BCUT2D eigenvalue weighted by molar-refractivity contribution is -0.118. The van der Waals surface area contributed by atoms with Crippen LogP contribution in [0.15, 0.2) is 0 Å². The number of nitrogens with one attached hydrogen (secondary N) is 1. The second-order valence-corrected chi connectivity index (χ2v) is 2.51. The molecule has 2 N–H and O–H groups in total. The first kappa shape index (κ1) is 8.00. The second kappa shape index (κ2) is 2.87. The number of hydrogen-bond acceptors (Lipinski definition) is 3. The average molecular weight is 158 g/mol. The van der Waals surface area contributed by atoms with Gasteiger partial charge in [0.25, 0.3) is 0 Å². The Labute approximate surface area is 64.0 Å². The van der Waals surface area contributed by atoms with Crippen molar-refractivity contribution in [3.63, 3.8) is 0 Å². The Bertz CT molecular complexity index is 192. The summed E-state index contributed by atoms with van der Waals surface area (Å²) in [5, 5.41) is 10.8. The number of hydrogen-bond donors (Lipinski definition) is 2. The smallest absolute Gasteiger partial charge is 0.324 e. The van der Waals surface area contributed by atoms with Crippen LogP contribution in [0.5, 0.6) is 0 Å². The van der Waals surface area contributed by atoms with Crippen molar-refractivity contribution < 1.29 is 14.7 Å². The molecule has 0 aliphatic carbocycles. The normalized spacial score (nSPS) is 20.4. The Kier molecular flexibility index (Phi) is 2.09. The predicted molar refractivity (Wildman–Crippen MR) is 36.8 cm³/mol. The zero-order valence-electron chi connectivity index (χ0n) is 6.20. The van der Waals surface area contributed by atoms with Crippen molar-refractivity contribution in [1.29, 1.82) is 0 Å². The Morgan fingerprint density at radius 1 is 1.73 bits per heavy atom. The van der Waals surface area contributed by atoms with Gasteiger partial charge in [-0.3, -0.25) is 10.1 Å². The molecule has 5 nitrogen and oxygen atoms in total. The predicted octanol–water partition coefficient (Wildman–Crippen LogP) is -1.08. The van der Waals surface area contributed by atoms with E-state index in [0.717, 1.165) is 0 Å². The molecule has 1 rings (SSSR count). The molecule has 1 aliphatic rings. The van der Waals surface area contributed by atoms with Crippen molar-refractivity contribution in [2.45, 2.75) is 13.0 Å². The van der Waals surface area contributed by atoms with Gasteiger partial charge in [-0.1, -0.05) is 0 Å². The summed E-state index contributed by atoms with van der Waals surface area (Å²) in [5.74, 6) is -0.310. The zero-order chi connectivity index (χ0) is 8.43. The molecule has 0 spiro atoms. The summed E-state index contributed by atoms with van der Waals surface area (Å²) >= 11 is 0. The molecule has 0 saturated carbocycles. The van der Waals surface area contributed by atoms with Crippen LogP contribution in [0.4, 0.5) is 4.79 Å². The highest BCUT2D eigenvalue weighted by molar-refractivity contribution is 6.02. The van der Waals surface area contributed by atoms with Crippen molar-refractivity contribution in [2.24, 2.45) is 0 Å². The van der Waals surface area contributed by atoms with Crippen molar-refractivity contribution in [1.82, 2.24) is 10.2 Å². The van der Waals surface area contributed by atoms with Crippen LogP contribution in [0, 0.1) is 0 Å². The van der Waals surface area contributed by atoms with Crippen molar-refractivity contribution in [2.75, 3.05) is 13.2 Å². The minimum absolute atomic E-state index is 0.0561. The fourth-order valence-corrected chi connectivity index (χ4v) is 0.912. The molecule has 0 radical (unpaired) electrons. The fourth-order valence-electron chi connectivity index (χ4n) is 0.912. The number of urea groups is 1. The highest BCUT2D eigenvalue weighted by Gasteiger charge is 2.29. The van der Waals surface area contributed by atoms with E-state index < -0.39 is 6.03 Å². The van der Waals surface area contributed by atoms with E-state index in [1.165, 1.54) is 4.90 Å². The van der Waals surface area contributed by atoms with Crippen LogP contribution in [-0.2, 0) is 4.79 Å². The lowest BCUT2D eigenvalue weighted by Crippen LogP contribution is -2.38. The van der Waals surface area contributed by atoms with Gasteiger partial charge in [-0.05, 0) is 6.92 Å². The van der Waals surface area contributed by atoms with Gasteiger partial charge < -0.3 is 10.0 Å². The molecule has 11 heavy (non-hydrogen) atoms. The summed E-state index contributed by atoms with van der Waals surface area (Å²) in [6.07, 6.45) is 0. The van der Waals surface area contributed by atoms with Crippen LogP contribution in [0.1, 0.15) is 6.92 Å². The summed E-state index contributed by atoms with van der Waals surface area (Å²) in [6, 6.07) is -0.710. The molecule has 1 fully saturated rings. The lowest BCUT2D eigenvalue weighted by atomic mass is 10.3. The standard InChI is InChI=1S/C6H10N2O3/c1-4(3-9)8-2-5(10)7-6(8)11/h4,9H,2-3H2,1H3,(H,7,10,11)/t4-/m0/s1.